The highest BCUT2D eigenvalue weighted by molar-refractivity contribution is 9.12. The van der Waals surface area contributed by atoms with Gasteiger partial charge >= 0.3 is 0 Å². The summed E-state index contributed by atoms with van der Waals surface area (Å²) in [5.41, 5.74) is 6.39. The molecular weight excluding hydrogens is 604 g/mol. The Kier molecular flexibility index (Phi) is 7.65. The van der Waals surface area contributed by atoms with Crippen LogP contribution < -0.4 is 0 Å². The topological polar surface area (TPSA) is 65.7 Å². The molecule has 2 N–H and O–H groups in total. The van der Waals surface area contributed by atoms with Crippen molar-refractivity contribution in [3.8, 4) is 0 Å². The molecule has 1 aliphatic rings. The lowest BCUT2D eigenvalue weighted by Gasteiger charge is -2.21. The summed E-state index contributed by atoms with van der Waals surface area (Å²) < 4.78 is 0.632. The molecule has 1 aliphatic carbocycles. The summed E-state index contributed by atoms with van der Waals surface area (Å²) in [5, 5.41) is 1.90. The Balaban J connectivity index is 1.68. The smallest absolute Gasteiger partial charge is 0.202 e. The van der Waals surface area contributed by atoms with E-state index >= 15 is 0 Å². The van der Waals surface area contributed by atoms with Crippen molar-refractivity contribution in [3.05, 3.63) is 80.0 Å². The molecular formula is C32H32Br2N2O2. The van der Waals surface area contributed by atoms with E-state index in [4.69, 9.17) is 0 Å². The second-order valence-electron chi connectivity index (χ2n) is 10.9. The number of para-hydroxylation sites is 2. The molecule has 4 aromatic rings. The number of nitrogens with one attached hydrogen (secondary N) is 2. The third-order valence-electron chi connectivity index (χ3n) is 7.30. The second-order valence-corrected chi connectivity index (χ2v) is 12.5. The van der Waals surface area contributed by atoms with Crippen LogP contribution in [0.3, 0.4) is 0 Å². The van der Waals surface area contributed by atoms with Crippen LogP contribution in [0.2, 0.25) is 0 Å². The van der Waals surface area contributed by atoms with Crippen LogP contribution in [0.1, 0.15) is 63.1 Å². The number of benzene rings is 2. The molecule has 38 heavy (non-hydrogen) atoms. The van der Waals surface area contributed by atoms with Gasteiger partial charge in [-0.05, 0) is 81.5 Å². The molecule has 6 heteroatoms. The number of H-pyrrole nitrogens is 2. The van der Waals surface area contributed by atoms with Crippen LogP contribution in [-0.2, 0) is 22.4 Å². The van der Waals surface area contributed by atoms with Crippen molar-refractivity contribution in [1.82, 2.24) is 9.97 Å². The number of hydrogen-bond donors (Lipinski definition) is 2. The Morgan fingerprint density at radius 1 is 0.632 bits per heavy atom. The van der Waals surface area contributed by atoms with Gasteiger partial charge in [-0.2, -0.15) is 0 Å². The van der Waals surface area contributed by atoms with E-state index in [1.807, 2.05) is 48.5 Å². The molecule has 0 spiro atoms. The van der Waals surface area contributed by atoms with Gasteiger partial charge in [-0.15, -0.1) is 0 Å². The van der Waals surface area contributed by atoms with Gasteiger partial charge in [0.25, 0.3) is 0 Å². The molecule has 0 saturated carbocycles. The zero-order chi connectivity index (χ0) is 27.1. The van der Waals surface area contributed by atoms with Crippen LogP contribution in [0.25, 0.3) is 33.0 Å². The van der Waals surface area contributed by atoms with E-state index in [0.29, 0.717) is 31.9 Å². The number of carbonyl (C=O) groups excluding carboxylic acids is 2. The van der Waals surface area contributed by atoms with E-state index in [1.165, 1.54) is 0 Å². The van der Waals surface area contributed by atoms with E-state index in [9.17, 15) is 9.59 Å². The molecule has 2 aromatic heterocycles. The number of ketones is 2. The van der Waals surface area contributed by atoms with E-state index in [-0.39, 0.29) is 11.6 Å². The Labute approximate surface area is 240 Å². The molecule has 2 heterocycles. The molecule has 2 aromatic carbocycles. The highest BCUT2D eigenvalue weighted by atomic mass is 79.9. The first-order chi connectivity index (χ1) is 18.2. The summed E-state index contributed by atoms with van der Waals surface area (Å²) in [4.78, 5) is 35.4. The maximum Gasteiger partial charge on any atom is 0.202 e. The highest BCUT2D eigenvalue weighted by Crippen LogP contribution is 2.45. The Morgan fingerprint density at radius 3 is 1.37 bits per heavy atom. The molecule has 0 aliphatic heterocycles. The summed E-state index contributed by atoms with van der Waals surface area (Å²) in [5.74, 6) is 0.670. The van der Waals surface area contributed by atoms with Gasteiger partial charge in [0, 0.05) is 44.3 Å². The van der Waals surface area contributed by atoms with Crippen molar-refractivity contribution in [2.75, 3.05) is 0 Å². The van der Waals surface area contributed by atoms with Gasteiger partial charge in [-0.25, -0.2) is 0 Å². The number of rotatable bonds is 8. The van der Waals surface area contributed by atoms with Gasteiger partial charge in [0.05, 0.1) is 20.1 Å². The van der Waals surface area contributed by atoms with Crippen molar-refractivity contribution in [2.24, 2.45) is 11.8 Å². The maximum absolute atomic E-state index is 14.2. The summed E-state index contributed by atoms with van der Waals surface area (Å²) in [6.45, 7) is 8.76. The number of halogens is 2. The monoisotopic (exact) mass is 634 g/mol. The average Bonchev–Trinajstić information content (AvgIpc) is 3.44. The van der Waals surface area contributed by atoms with Crippen LogP contribution in [-0.4, -0.2) is 21.5 Å². The Bertz CT molecular complexity index is 1510. The predicted octanol–water partition coefficient (Wildman–Crippen LogP) is 8.89. The van der Waals surface area contributed by atoms with Crippen LogP contribution in [0.4, 0.5) is 0 Å². The van der Waals surface area contributed by atoms with Crippen molar-refractivity contribution in [3.63, 3.8) is 0 Å². The molecule has 5 rings (SSSR count). The average molecular weight is 636 g/mol. The number of aromatic amines is 2. The third-order valence-corrected chi connectivity index (χ3v) is 8.82. The summed E-state index contributed by atoms with van der Waals surface area (Å²) >= 11 is 7.23. The fourth-order valence-electron chi connectivity index (χ4n) is 5.30. The number of aromatic nitrogens is 2. The standard InChI is InChI=1S/C32H32Br2N2O2/c1-17(2)13-15-23-25(19-9-5-7-11-21(19)35-23)27-29(33)32(38)28(30(34)31(27)37)26-20-10-6-8-12-22(20)36-24(26)16-14-18(3)4/h5-12,17-18,35-36H,13-16H2,1-4H3. The number of carbonyl (C=O) groups is 2. The minimum Gasteiger partial charge on any atom is -0.358 e. The zero-order valence-electron chi connectivity index (χ0n) is 22.2. The van der Waals surface area contributed by atoms with E-state index < -0.39 is 0 Å². The second kappa shape index (κ2) is 10.8. The first-order valence-corrected chi connectivity index (χ1v) is 14.9. The molecule has 0 saturated heterocycles. The van der Waals surface area contributed by atoms with Crippen LogP contribution in [0.5, 0.6) is 0 Å². The van der Waals surface area contributed by atoms with Gasteiger partial charge in [-0.1, -0.05) is 64.1 Å². The van der Waals surface area contributed by atoms with Crippen molar-refractivity contribution in [1.29, 1.82) is 0 Å². The van der Waals surface area contributed by atoms with Crippen LogP contribution in [0.15, 0.2) is 57.5 Å². The number of Topliss-reactive ketones (excluding diaryl/α,β-unsaturated/α-hetero) is 2. The molecule has 196 valence electrons. The lowest BCUT2D eigenvalue weighted by molar-refractivity contribution is -0.113. The molecule has 0 radical (unpaired) electrons. The van der Waals surface area contributed by atoms with E-state index in [0.717, 1.165) is 70.0 Å². The normalized spacial score (nSPS) is 14.8. The van der Waals surface area contributed by atoms with Crippen LogP contribution >= 0.6 is 31.9 Å². The lowest BCUT2D eigenvalue weighted by Crippen LogP contribution is -2.19. The van der Waals surface area contributed by atoms with Gasteiger partial charge in [0.1, 0.15) is 0 Å². The van der Waals surface area contributed by atoms with E-state index in [1.54, 1.807) is 0 Å². The molecule has 4 nitrogen and oxygen atoms in total. The Morgan fingerprint density at radius 2 is 1.00 bits per heavy atom. The first kappa shape index (κ1) is 26.9. The van der Waals surface area contributed by atoms with Crippen molar-refractivity contribution < 1.29 is 9.59 Å². The minimum absolute atomic E-state index is 0.179. The quantitative estimate of drug-likeness (QED) is 0.190. The van der Waals surface area contributed by atoms with E-state index in [2.05, 4.69) is 69.5 Å². The van der Waals surface area contributed by atoms with Crippen molar-refractivity contribution >= 4 is 76.4 Å². The van der Waals surface area contributed by atoms with Crippen LogP contribution in [0, 0.1) is 11.8 Å². The van der Waals surface area contributed by atoms with Crippen molar-refractivity contribution in [2.45, 2.75) is 53.4 Å². The predicted molar refractivity (Wildman–Crippen MR) is 165 cm³/mol. The molecule has 0 atom stereocenters. The third kappa shape index (κ3) is 4.77. The van der Waals surface area contributed by atoms with Gasteiger partial charge < -0.3 is 9.97 Å². The van der Waals surface area contributed by atoms with Gasteiger partial charge in [0.15, 0.2) is 0 Å². The molecule has 0 fully saturated rings. The highest BCUT2D eigenvalue weighted by Gasteiger charge is 2.37. The lowest BCUT2D eigenvalue weighted by atomic mass is 9.85. The maximum atomic E-state index is 14.2. The number of hydrogen-bond acceptors (Lipinski definition) is 2. The first-order valence-electron chi connectivity index (χ1n) is 13.3. The number of aryl methyl sites for hydroxylation is 2. The SMILES string of the molecule is CC(C)CCc1[nH]c2ccccc2c1C1=C(Br)C(=O)C(c2c(CCC(C)C)[nH]c3ccccc23)=C(Br)C1=O. The molecule has 0 bridgehead atoms. The summed E-state index contributed by atoms with van der Waals surface area (Å²) in [6.07, 6.45) is 3.54. The largest absolute Gasteiger partial charge is 0.358 e. The fourth-order valence-corrected chi connectivity index (χ4v) is 6.45. The summed E-state index contributed by atoms with van der Waals surface area (Å²) in [6, 6.07) is 16.0. The minimum atomic E-state index is -0.179. The Hall–Kier alpha value is -2.70. The molecule has 0 amide bonds. The fraction of sp³-hybridized carbons (Fsp3) is 0.312. The summed E-state index contributed by atoms with van der Waals surface area (Å²) in [7, 11) is 0. The van der Waals surface area contributed by atoms with Gasteiger partial charge in [0.2, 0.25) is 11.6 Å². The number of allylic oxidation sites excluding steroid dienone is 4. The van der Waals surface area contributed by atoms with Gasteiger partial charge in [-0.3, -0.25) is 9.59 Å². The number of fused-ring (bicyclic) bond motifs is 2. The molecule has 0 unspecified atom stereocenters. The zero-order valence-corrected chi connectivity index (χ0v) is 25.3.